The summed E-state index contributed by atoms with van der Waals surface area (Å²) >= 11 is 0. The van der Waals surface area contributed by atoms with Crippen molar-refractivity contribution in [2.45, 2.75) is 12.5 Å². The molecule has 0 amide bonds. The van der Waals surface area contributed by atoms with Crippen LogP contribution in [0, 0.1) is 5.41 Å². The van der Waals surface area contributed by atoms with Gasteiger partial charge in [-0.2, -0.15) is 0 Å². The van der Waals surface area contributed by atoms with Crippen molar-refractivity contribution in [3.8, 4) is 0 Å². The maximum absolute atomic E-state index is 10.3. The molecule has 1 fully saturated rings. The van der Waals surface area contributed by atoms with E-state index in [1.165, 1.54) is 0 Å². The first-order valence-electron chi connectivity index (χ1n) is 5.14. The van der Waals surface area contributed by atoms with Crippen molar-refractivity contribution in [2.75, 3.05) is 19.8 Å². The zero-order chi connectivity index (χ0) is 10.7. The summed E-state index contributed by atoms with van der Waals surface area (Å²) in [7, 11) is 0. The lowest BCUT2D eigenvalue weighted by Crippen LogP contribution is -2.37. The van der Waals surface area contributed by atoms with Gasteiger partial charge >= 0.3 is 0 Å². The van der Waals surface area contributed by atoms with E-state index in [9.17, 15) is 5.11 Å². The van der Waals surface area contributed by atoms with Gasteiger partial charge in [-0.05, 0) is 18.1 Å². The predicted molar refractivity (Wildman–Crippen MR) is 56.1 cm³/mol. The summed E-state index contributed by atoms with van der Waals surface area (Å²) in [6, 6.07) is 3.69. The van der Waals surface area contributed by atoms with Crippen LogP contribution < -0.4 is 5.73 Å². The van der Waals surface area contributed by atoms with Crippen LogP contribution in [0.15, 0.2) is 24.5 Å². The van der Waals surface area contributed by atoms with Crippen LogP contribution in [0.4, 0.5) is 0 Å². The fourth-order valence-electron chi connectivity index (χ4n) is 2.00. The number of aliphatic hydroxyl groups is 1. The minimum Gasteiger partial charge on any atom is -0.388 e. The molecule has 3 N–H and O–H groups in total. The fraction of sp³-hybridized carbons (Fsp3) is 0.545. The van der Waals surface area contributed by atoms with Crippen molar-refractivity contribution in [3.05, 3.63) is 30.1 Å². The van der Waals surface area contributed by atoms with E-state index in [0.29, 0.717) is 19.8 Å². The first kappa shape index (κ1) is 10.5. The van der Waals surface area contributed by atoms with Crippen molar-refractivity contribution in [2.24, 2.45) is 11.1 Å². The maximum atomic E-state index is 10.3. The highest BCUT2D eigenvalue weighted by Gasteiger charge is 2.41. The minimum atomic E-state index is -0.585. The third-order valence-corrected chi connectivity index (χ3v) is 3.12. The topological polar surface area (TPSA) is 68.4 Å². The van der Waals surface area contributed by atoms with Gasteiger partial charge in [-0.15, -0.1) is 0 Å². The molecular weight excluding hydrogens is 192 g/mol. The summed E-state index contributed by atoms with van der Waals surface area (Å²) in [5.41, 5.74) is 6.23. The zero-order valence-electron chi connectivity index (χ0n) is 8.60. The number of nitrogens with two attached hydrogens (primary N) is 1. The molecule has 0 aliphatic carbocycles. The number of rotatable bonds is 3. The average Bonchev–Trinajstić information content (AvgIpc) is 2.79. The molecule has 0 spiro atoms. The number of aromatic nitrogens is 1. The fourth-order valence-corrected chi connectivity index (χ4v) is 2.00. The molecule has 1 aromatic heterocycles. The van der Waals surface area contributed by atoms with Gasteiger partial charge in [-0.25, -0.2) is 0 Å². The number of hydrogen-bond acceptors (Lipinski definition) is 4. The Morgan fingerprint density at radius 1 is 1.67 bits per heavy atom. The van der Waals surface area contributed by atoms with Gasteiger partial charge in [0.25, 0.3) is 0 Å². The normalized spacial score (nSPS) is 27.9. The summed E-state index contributed by atoms with van der Waals surface area (Å²) in [5.74, 6) is 0. The van der Waals surface area contributed by atoms with E-state index < -0.39 is 6.10 Å². The molecule has 1 aliphatic heterocycles. The molecule has 2 heterocycles. The van der Waals surface area contributed by atoms with Crippen LogP contribution in [0.2, 0.25) is 0 Å². The summed E-state index contributed by atoms with van der Waals surface area (Å²) in [6.07, 6.45) is 3.59. The monoisotopic (exact) mass is 208 g/mol. The number of aliphatic hydroxyl groups excluding tert-OH is 1. The van der Waals surface area contributed by atoms with E-state index in [4.69, 9.17) is 10.5 Å². The predicted octanol–water partition coefficient (Wildman–Crippen LogP) is 0.480. The van der Waals surface area contributed by atoms with Gasteiger partial charge in [-0.3, -0.25) is 4.98 Å². The smallest absolute Gasteiger partial charge is 0.0896 e. The number of pyridine rings is 1. The first-order valence-corrected chi connectivity index (χ1v) is 5.14. The molecule has 2 unspecified atom stereocenters. The second kappa shape index (κ2) is 4.26. The highest BCUT2D eigenvalue weighted by atomic mass is 16.5. The molecular formula is C11H16N2O2. The lowest BCUT2D eigenvalue weighted by Gasteiger charge is -2.31. The van der Waals surface area contributed by atoms with Gasteiger partial charge in [-0.1, -0.05) is 6.07 Å². The Bertz CT molecular complexity index is 310. The molecule has 2 rings (SSSR count). The van der Waals surface area contributed by atoms with Crippen molar-refractivity contribution in [3.63, 3.8) is 0 Å². The Kier molecular flexibility index (Phi) is 3.00. The van der Waals surface area contributed by atoms with Crippen LogP contribution in [0.3, 0.4) is 0 Å². The lowest BCUT2D eigenvalue weighted by molar-refractivity contribution is 0.0188. The summed E-state index contributed by atoms with van der Waals surface area (Å²) in [5, 5.41) is 10.3. The lowest BCUT2D eigenvalue weighted by atomic mass is 9.79. The van der Waals surface area contributed by atoms with Gasteiger partial charge in [0.1, 0.15) is 0 Å². The van der Waals surface area contributed by atoms with Crippen LogP contribution >= 0.6 is 0 Å². The van der Waals surface area contributed by atoms with E-state index in [0.717, 1.165) is 12.0 Å². The number of hydrogen-bond donors (Lipinski definition) is 2. The Labute approximate surface area is 89.1 Å². The molecule has 2 atom stereocenters. The Morgan fingerprint density at radius 3 is 3.07 bits per heavy atom. The van der Waals surface area contributed by atoms with E-state index >= 15 is 0 Å². The summed E-state index contributed by atoms with van der Waals surface area (Å²) in [4.78, 5) is 4.00. The van der Waals surface area contributed by atoms with E-state index in [2.05, 4.69) is 4.98 Å². The minimum absolute atomic E-state index is 0.330. The molecule has 1 saturated heterocycles. The second-order valence-electron chi connectivity index (χ2n) is 4.06. The third kappa shape index (κ3) is 1.88. The molecule has 0 radical (unpaired) electrons. The highest BCUT2D eigenvalue weighted by Crippen LogP contribution is 2.39. The highest BCUT2D eigenvalue weighted by molar-refractivity contribution is 5.16. The molecule has 0 aromatic carbocycles. The molecule has 1 aliphatic rings. The molecule has 0 bridgehead atoms. The van der Waals surface area contributed by atoms with E-state index in [1.807, 2.05) is 12.1 Å². The number of nitrogens with zero attached hydrogens (tertiary/aromatic N) is 1. The van der Waals surface area contributed by atoms with Crippen LogP contribution in [-0.4, -0.2) is 29.8 Å². The van der Waals surface area contributed by atoms with Gasteiger partial charge < -0.3 is 15.6 Å². The quantitative estimate of drug-likeness (QED) is 0.758. The van der Waals surface area contributed by atoms with E-state index in [-0.39, 0.29) is 5.41 Å². The summed E-state index contributed by atoms with van der Waals surface area (Å²) < 4.78 is 5.33. The Hall–Kier alpha value is -0.970. The van der Waals surface area contributed by atoms with E-state index in [1.54, 1.807) is 12.4 Å². The second-order valence-corrected chi connectivity index (χ2v) is 4.06. The molecule has 0 saturated carbocycles. The van der Waals surface area contributed by atoms with Crippen molar-refractivity contribution < 1.29 is 9.84 Å². The average molecular weight is 208 g/mol. The van der Waals surface area contributed by atoms with Gasteiger partial charge in [0.05, 0.1) is 12.7 Å². The summed E-state index contributed by atoms with van der Waals surface area (Å²) in [6.45, 7) is 1.64. The Morgan fingerprint density at radius 2 is 2.53 bits per heavy atom. The van der Waals surface area contributed by atoms with Crippen molar-refractivity contribution in [1.82, 2.24) is 4.98 Å². The molecule has 15 heavy (non-hydrogen) atoms. The number of ether oxygens (including phenoxy) is 1. The zero-order valence-corrected chi connectivity index (χ0v) is 8.60. The van der Waals surface area contributed by atoms with Crippen LogP contribution in [0.25, 0.3) is 0 Å². The van der Waals surface area contributed by atoms with Gasteiger partial charge in [0.2, 0.25) is 0 Å². The maximum Gasteiger partial charge on any atom is 0.0896 e. The Balaban J connectivity index is 2.22. The van der Waals surface area contributed by atoms with Crippen LogP contribution in [0.5, 0.6) is 0 Å². The van der Waals surface area contributed by atoms with Crippen molar-refractivity contribution >= 4 is 0 Å². The molecule has 1 aromatic rings. The standard InChI is InChI=1S/C11H16N2O2/c12-7-11(3-5-15-8-11)10(14)9-2-1-4-13-6-9/h1-2,4,6,10,14H,3,5,7-8,12H2. The van der Waals surface area contributed by atoms with Crippen molar-refractivity contribution in [1.29, 1.82) is 0 Å². The molecule has 82 valence electrons. The molecule has 4 heteroatoms. The molecule has 4 nitrogen and oxygen atoms in total. The van der Waals surface area contributed by atoms with Crippen LogP contribution in [0.1, 0.15) is 18.1 Å². The third-order valence-electron chi connectivity index (χ3n) is 3.12. The first-order chi connectivity index (χ1) is 7.28. The van der Waals surface area contributed by atoms with Gasteiger partial charge in [0.15, 0.2) is 0 Å². The van der Waals surface area contributed by atoms with Gasteiger partial charge in [0, 0.05) is 31.0 Å². The SMILES string of the molecule is NCC1(C(O)c2cccnc2)CCOC1. The van der Waals surface area contributed by atoms with Crippen LogP contribution in [-0.2, 0) is 4.74 Å². The largest absolute Gasteiger partial charge is 0.388 e.